The van der Waals surface area contributed by atoms with E-state index < -0.39 is 0 Å². The molecule has 1 fully saturated rings. The van der Waals surface area contributed by atoms with Gasteiger partial charge in [-0.1, -0.05) is 0 Å². The molecule has 0 bridgehead atoms. The standard InChI is InChI=1S/C17H17N5O/c1-22-7-4-11(5-8-22)23-16-13(9-18)20-10-14-15(16)12-3-2-6-19-17(12)21-14/h2-3,6,10-11H,4-5,7-8H2,1H3,(H,19,21). The summed E-state index contributed by atoms with van der Waals surface area (Å²) in [4.78, 5) is 14.1. The van der Waals surface area contributed by atoms with Crippen molar-refractivity contribution in [1.82, 2.24) is 19.9 Å². The second-order valence-corrected chi connectivity index (χ2v) is 5.98. The van der Waals surface area contributed by atoms with Crippen LogP contribution in [0.4, 0.5) is 0 Å². The molecule has 4 heterocycles. The highest BCUT2D eigenvalue weighted by atomic mass is 16.5. The quantitative estimate of drug-likeness (QED) is 0.787. The number of nitrogens with zero attached hydrogens (tertiary/aromatic N) is 4. The molecule has 0 unspecified atom stereocenters. The molecule has 0 aliphatic carbocycles. The summed E-state index contributed by atoms with van der Waals surface area (Å²) in [5, 5.41) is 11.3. The van der Waals surface area contributed by atoms with E-state index in [1.807, 2.05) is 12.1 Å². The maximum atomic E-state index is 9.43. The van der Waals surface area contributed by atoms with Gasteiger partial charge in [0.25, 0.3) is 0 Å². The van der Waals surface area contributed by atoms with Gasteiger partial charge in [-0.3, -0.25) is 0 Å². The third-order valence-electron chi connectivity index (χ3n) is 4.42. The van der Waals surface area contributed by atoms with E-state index in [0.717, 1.165) is 47.9 Å². The molecule has 0 radical (unpaired) electrons. The Morgan fingerprint density at radius 2 is 2.17 bits per heavy atom. The molecule has 0 amide bonds. The molecule has 3 aromatic heterocycles. The van der Waals surface area contributed by atoms with Crippen LogP contribution in [0, 0.1) is 11.3 Å². The third-order valence-corrected chi connectivity index (χ3v) is 4.42. The first kappa shape index (κ1) is 14.0. The lowest BCUT2D eigenvalue weighted by atomic mass is 10.1. The Labute approximate surface area is 133 Å². The largest absolute Gasteiger partial charge is 0.487 e. The first-order valence-electron chi connectivity index (χ1n) is 7.77. The summed E-state index contributed by atoms with van der Waals surface area (Å²) in [6.45, 7) is 2.01. The van der Waals surface area contributed by atoms with Crippen molar-refractivity contribution in [3.8, 4) is 11.8 Å². The van der Waals surface area contributed by atoms with E-state index >= 15 is 0 Å². The average molecular weight is 307 g/mol. The lowest BCUT2D eigenvalue weighted by molar-refractivity contribution is 0.115. The predicted octanol–water partition coefficient (Wildman–Crippen LogP) is 2.46. The summed E-state index contributed by atoms with van der Waals surface area (Å²) in [5.74, 6) is 0.582. The van der Waals surface area contributed by atoms with Gasteiger partial charge in [-0.2, -0.15) is 5.26 Å². The van der Waals surface area contributed by atoms with Gasteiger partial charge in [-0.25, -0.2) is 9.97 Å². The molecule has 1 aliphatic rings. The van der Waals surface area contributed by atoms with Crippen molar-refractivity contribution in [3.05, 3.63) is 30.2 Å². The number of hydrogen-bond acceptors (Lipinski definition) is 5. The van der Waals surface area contributed by atoms with Crippen LogP contribution in [0.5, 0.6) is 5.75 Å². The van der Waals surface area contributed by atoms with Crippen LogP contribution in [0.3, 0.4) is 0 Å². The fourth-order valence-electron chi connectivity index (χ4n) is 3.15. The minimum absolute atomic E-state index is 0.118. The Balaban J connectivity index is 1.84. The first-order valence-corrected chi connectivity index (χ1v) is 7.77. The minimum Gasteiger partial charge on any atom is -0.487 e. The van der Waals surface area contributed by atoms with E-state index in [1.54, 1.807) is 12.4 Å². The average Bonchev–Trinajstić information content (AvgIpc) is 2.96. The Morgan fingerprint density at radius 1 is 1.35 bits per heavy atom. The first-order chi connectivity index (χ1) is 11.3. The van der Waals surface area contributed by atoms with Crippen LogP contribution in [-0.4, -0.2) is 46.1 Å². The molecule has 1 aliphatic heterocycles. The van der Waals surface area contributed by atoms with Crippen LogP contribution >= 0.6 is 0 Å². The number of ether oxygens (including phenoxy) is 1. The van der Waals surface area contributed by atoms with Gasteiger partial charge in [0, 0.05) is 24.7 Å². The molecule has 4 rings (SSSR count). The number of pyridine rings is 2. The van der Waals surface area contributed by atoms with E-state index in [1.165, 1.54) is 0 Å². The van der Waals surface area contributed by atoms with E-state index in [-0.39, 0.29) is 6.10 Å². The number of aromatic amines is 1. The van der Waals surface area contributed by atoms with Gasteiger partial charge < -0.3 is 14.6 Å². The predicted molar refractivity (Wildman–Crippen MR) is 87.3 cm³/mol. The zero-order valence-corrected chi connectivity index (χ0v) is 12.9. The fraction of sp³-hybridized carbons (Fsp3) is 0.353. The maximum absolute atomic E-state index is 9.43. The summed E-state index contributed by atoms with van der Waals surface area (Å²) >= 11 is 0. The van der Waals surface area contributed by atoms with Crippen LogP contribution in [0.2, 0.25) is 0 Å². The number of piperidine rings is 1. The van der Waals surface area contributed by atoms with Crippen LogP contribution in [0.25, 0.3) is 21.9 Å². The number of nitrogens with one attached hydrogen (secondary N) is 1. The molecule has 6 heteroatoms. The van der Waals surface area contributed by atoms with Crippen LogP contribution in [-0.2, 0) is 0 Å². The van der Waals surface area contributed by atoms with Crippen molar-refractivity contribution >= 4 is 21.9 Å². The Hall–Kier alpha value is -2.65. The topological polar surface area (TPSA) is 77.8 Å². The van der Waals surface area contributed by atoms with Crippen LogP contribution < -0.4 is 4.74 Å². The van der Waals surface area contributed by atoms with Crippen molar-refractivity contribution in [3.63, 3.8) is 0 Å². The number of rotatable bonds is 2. The molecular formula is C17H17N5O. The lowest BCUT2D eigenvalue weighted by Crippen LogP contribution is -2.35. The number of likely N-dealkylation sites (tertiary alicyclic amines) is 1. The second-order valence-electron chi connectivity index (χ2n) is 5.98. The highest BCUT2D eigenvalue weighted by Crippen LogP contribution is 2.35. The lowest BCUT2D eigenvalue weighted by Gasteiger charge is -2.29. The third kappa shape index (κ3) is 2.39. The zero-order chi connectivity index (χ0) is 15.8. The van der Waals surface area contributed by atoms with Crippen LogP contribution in [0.15, 0.2) is 24.5 Å². The van der Waals surface area contributed by atoms with Crippen molar-refractivity contribution in [2.75, 3.05) is 20.1 Å². The number of fused-ring (bicyclic) bond motifs is 3. The molecule has 6 nitrogen and oxygen atoms in total. The van der Waals surface area contributed by atoms with Crippen molar-refractivity contribution in [2.45, 2.75) is 18.9 Å². The van der Waals surface area contributed by atoms with E-state index in [2.05, 4.69) is 33.0 Å². The van der Waals surface area contributed by atoms with Crippen molar-refractivity contribution < 1.29 is 4.74 Å². The summed E-state index contributed by atoms with van der Waals surface area (Å²) in [6.07, 6.45) is 5.45. The molecule has 0 aromatic carbocycles. The maximum Gasteiger partial charge on any atom is 0.183 e. The van der Waals surface area contributed by atoms with Gasteiger partial charge in [-0.05, 0) is 32.0 Å². The fourth-order valence-corrected chi connectivity index (χ4v) is 3.15. The summed E-state index contributed by atoms with van der Waals surface area (Å²) < 4.78 is 6.25. The van der Waals surface area contributed by atoms with Gasteiger partial charge in [-0.15, -0.1) is 0 Å². The number of aromatic nitrogens is 3. The molecule has 3 aromatic rings. The molecule has 0 atom stereocenters. The second kappa shape index (κ2) is 5.52. The summed E-state index contributed by atoms with van der Waals surface area (Å²) in [6, 6.07) is 6.04. The summed E-state index contributed by atoms with van der Waals surface area (Å²) in [7, 11) is 2.12. The highest BCUT2D eigenvalue weighted by molar-refractivity contribution is 6.09. The zero-order valence-electron chi connectivity index (χ0n) is 12.9. The van der Waals surface area contributed by atoms with Gasteiger partial charge in [0.15, 0.2) is 11.4 Å². The molecule has 23 heavy (non-hydrogen) atoms. The molecule has 1 N–H and O–H groups in total. The molecular weight excluding hydrogens is 290 g/mol. The van der Waals surface area contributed by atoms with Crippen LogP contribution in [0.1, 0.15) is 18.5 Å². The van der Waals surface area contributed by atoms with Gasteiger partial charge in [0.05, 0.1) is 17.1 Å². The van der Waals surface area contributed by atoms with E-state index in [4.69, 9.17) is 4.74 Å². The Bertz CT molecular complexity index is 902. The van der Waals surface area contributed by atoms with E-state index in [0.29, 0.717) is 11.4 Å². The van der Waals surface area contributed by atoms with Gasteiger partial charge in [0.1, 0.15) is 17.8 Å². The van der Waals surface area contributed by atoms with Gasteiger partial charge >= 0.3 is 0 Å². The molecule has 1 saturated heterocycles. The number of hydrogen-bond donors (Lipinski definition) is 1. The van der Waals surface area contributed by atoms with Crippen molar-refractivity contribution in [1.29, 1.82) is 5.26 Å². The molecule has 116 valence electrons. The van der Waals surface area contributed by atoms with E-state index in [9.17, 15) is 5.26 Å². The Kier molecular flexibility index (Phi) is 3.36. The SMILES string of the molecule is CN1CCC(Oc2c(C#N)ncc3[nH]c4ncccc4c23)CC1. The highest BCUT2D eigenvalue weighted by Gasteiger charge is 2.22. The molecule has 0 spiro atoms. The smallest absolute Gasteiger partial charge is 0.183 e. The van der Waals surface area contributed by atoms with Crippen molar-refractivity contribution in [2.24, 2.45) is 0 Å². The molecule has 0 saturated carbocycles. The normalized spacial score (nSPS) is 16.7. The summed E-state index contributed by atoms with van der Waals surface area (Å²) in [5.41, 5.74) is 1.97. The van der Waals surface area contributed by atoms with Gasteiger partial charge in [0.2, 0.25) is 0 Å². The monoisotopic (exact) mass is 307 g/mol. The Morgan fingerprint density at radius 3 is 2.96 bits per heavy atom. The number of nitriles is 1. The number of H-pyrrole nitrogens is 1. The minimum atomic E-state index is 0.118.